The van der Waals surface area contributed by atoms with Gasteiger partial charge in [0.2, 0.25) is 0 Å². The van der Waals surface area contributed by atoms with Crippen LogP contribution in [0.25, 0.3) is 0 Å². The van der Waals surface area contributed by atoms with E-state index in [4.69, 9.17) is 5.73 Å². The first-order valence-corrected chi connectivity index (χ1v) is 6.04. The van der Waals surface area contributed by atoms with Gasteiger partial charge in [0.15, 0.2) is 5.82 Å². The van der Waals surface area contributed by atoms with Gasteiger partial charge in [-0.1, -0.05) is 13.8 Å². The number of nitrogens with one attached hydrogen (secondary N) is 2. The molecule has 0 aromatic carbocycles. The molecule has 0 fully saturated rings. The molecule has 0 atom stereocenters. The molecule has 90 valence electrons. The van der Waals surface area contributed by atoms with Gasteiger partial charge in [-0.3, -0.25) is 4.79 Å². The van der Waals surface area contributed by atoms with Crippen molar-refractivity contribution < 1.29 is 4.79 Å². The summed E-state index contributed by atoms with van der Waals surface area (Å²) in [5.41, 5.74) is 6.10. The molecule has 0 radical (unpaired) electrons. The third-order valence-corrected chi connectivity index (χ3v) is 3.00. The number of nitrogens with two attached hydrogens (primary N) is 1. The molecular formula is C10H18N4OS. The van der Waals surface area contributed by atoms with Gasteiger partial charge in [-0.2, -0.15) is 4.37 Å². The second-order valence-corrected chi connectivity index (χ2v) is 4.73. The highest BCUT2D eigenvalue weighted by molar-refractivity contribution is 7.11. The number of hydrogen-bond donors (Lipinski definition) is 3. The number of nitrogen functional groups attached to an aromatic ring is 1. The maximum absolute atomic E-state index is 11.5. The van der Waals surface area contributed by atoms with Gasteiger partial charge in [-0.25, -0.2) is 0 Å². The van der Waals surface area contributed by atoms with Crippen LogP contribution in [0.3, 0.4) is 0 Å². The minimum atomic E-state index is -0.196. The molecule has 6 heteroatoms. The second kappa shape index (κ2) is 5.69. The van der Waals surface area contributed by atoms with E-state index in [9.17, 15) is 4.79 Å². The number of aromatic nitrogens is 1. The fourth-order valence-corrected chi connectivity index (χ4v) is 1.98. The van der Waals surface area contributed by atoms with E-state index < -0.39 is 0 Å². The van der Waals surface area contributed by atoms with Crippen LogP contribution in [0, 0.1) is 5.92 Å². The Kier molecular flexibility index (Phi) is 4.54. The molecule has 0 aliphatic heterocycles. The summed E-state index contributed by atoms with van der Waals surface area (Å²) in [5, 5.41) is 6.50. The number of anilines is 2. The van der Waals surface area contributed by atoms with Crippen molar-refractivity contribution in [2.75, 3.05) is 24.6 Å². The highest BCUT2D eigenvalue weighted by Gasteiger charge is 2.17. The molecule has 0 saturated carbocycles. The van der Waals surface area contributed by atoms with Gasteiger partial charge in [0.25, 0.3) is 5.91 Å². The van der Waals surface area contributed by atoms with E-state index in [0.29, 0.717) is 11.5 Å². The van der Waals surface area contributed by atoms with E-state index in [0.717, 1.165) is 18.0 Å². The number of amides is 1. The largest absolute Gasteiger partial charge is 0.382 e. The van der Waals surface area contributed by atoms with Crippen LogP contribution in [0.1, 0.15) is 30.6 Å². The van der Waals surface area contributed by atoms with Crippen LogP contribution < -0.4 is 16.4 Å². The Morgan fingerprint density at radius 3 is 2.81 bits per heavy atom. The minimum Gasteiger partial charge on any atom is -0.382 e. The summed E-state index contributed by atoms with van der Waals surface area (Å²) in [6.07, 6.45) is 1.05. The van der Waals surface area contributed by atoms with Gasteiger partial charge in [0, 0.05) is 13.6 Å². The maximum atomic E-state index is 11.5. The predicted molar refractivity (Wildman–Crippen MR) is 67.9 cm³/mol. The summed E-state index contributed by atoms with van der Waals surface area (Å²) in [5.74, 6) is 0.718. The number of nitrogens with zero attached hydrogens (tertiary/aromatic N) is 1. The van der Waals surface area contributed by atoms with Crippen LogP contribution in [0.15, 0.2) is 0 Å². The van der Waals surface area contributed by atoms with Crippen LogP contribution >= 0.6 is 11.5 Å². The summed E-state index contributed by atoms with van der Waals surface area (Å²) < 4.78 is 3.98. The Hall–Kier alpha value is -1.30. The van der Waals surface area contributed by atoms with Gasteiger partial charge in [0.1, 0.15) is 10.6 Å². The van der Waals surface area contributed by atoms with Gasteiger partial charge >= 0.3 is 0 Å². The van der Waals surface area contributed by atoms with Crippen LogP contribution in [0.5, 0.6) is 0 Å². The summed E-state index contributed by atoms with van der Waals surface area (Å²) in [6, 6.07) is 0. The molecule has 1 rings (SSSR count). The lowest BCUT2D eigenvalue weighted by atomic mass is 10.1. The molecule has 4 N–H and O–H groups in total. The first-order chi connectivity index (χ1) is 7.56. The fraction of sp³-hybridized carbons (Fsp3) is 0.600. The quantitative estimate of drug-likeness (QED) is 0.731. The molecule has 1 heterocycles. The van der Waals surface area contributed by atoms with Crippen molar-refractivity contribution in [3.63, 3.8) is 0 Å². The Morgan fingerprint density at radius 2 is 2.25 bits per heavy atom. The van der Waals surface area contributed by atoms with E-state index >= 15 is 0 Å². The van der Waals surface area contributed by atoms with Crippen LogP contribution in [-0.2, 0) is 0 Å². The Bertz CT molecular complexity index is 362. The molecule has 0 saturated heterocycles. The molecule has 0 aliphatic rings. The van der Waals surface area contributed by atoms with Crippen molar-refractivity contribution in [3.8, 4) is 0 Å². The zero-order valence-electron chi connectivity index (χ0n) is 9.83. The van der Waals surface area contributed by atoms with Crippen molar-refractivity contribution in [1.82, 2.24) is 9.69 Å². The van der Waals surface area contributed by atoms with E-state index in [-0.39, 0.29) is 11.7 Å². The fourth-order valence-electron chi connectivity index (χ4n) is 1.24. The third-order valence-electron chi connectivity index (χ3n) is 2.18. The monoisotopic (exact) mass is 242 g/mol. The average Bonchev–Trinajstić information content (AvgIpc) is 2.58. The molecule has 0 aliphatic carbocycles. The van der Waals surface area contributed by atoms with Crippen molar-refractivity contribution in [2.24, 2.45) is 5.92 Å². The Balaban J connectivity index is 2.69. The predicted octanol–water partition coefficient (Wildman–Crippen LogP) is 1.54. The van der Waals surface area contributed by atoms with Crippen molar-refractivity contribution in [3.05, 3.63) is 5.56 Å². The standard InChI is InChI=1S/C10H18N4OS/c1-6(2)4-5-13-10-7(9(15)12-3)8(11)14-16-10/h6,13H,4-5H2,1-3H3,(H2,11,14)(H,12,15). The molecule has 0 spiro atoms. The van der Waals surface area contributed by atoms with Crippen molar-refractivity contribution in [2.45, 2.75) is 20.3 Å². The zero-order chi connectivity index (χ0) is 12.1. The van der Waals surface area contributed by atoms with E-state index in [2.05, 4.69) is 28.9 Å². The van der Waals surface area contributed by atoms with Crippen LogP contribution in [0.4, 0.5) is 10.8 Å². The average molecular weight is 242 g/mol. The highest BCUT2D eigenvalue weighted by Crippen LogP contribution is 2.26. The number of carbonyl (C=O) groups is 1. The number of carbonyl (C=O) groups excluding carboxylic acids is 1. The summed E-state index contributed by atoms with van der Waals surface area (Å²) in [7, 11) is 1.58. The Labute approximate surface area is 99.6 Å². The smallest absolute Gasteiger partial charge is 0.257 e. The van der Waals surface area contributed by atoms with Gasteiger partial charge in [-0.15, -0.1) is 0 Å². The third kappa shape index (κ3) is 3.10. The molecule has 5 nitrogen and oxygen atoms in total. The summed E-state index contributed by atoms with van der Waals surface area (Å²) >= 11 is 1.22. The minimum absolute atomic E-state index is 0.196. The molecule has 1 aromatic heterocycles. The van der Waals surface area contributed by atoms with Crippen LogP contribution in [0.2, 0.25) is 0 Å². The molecule has 1 amide bonds. The highest BCUT2D eigenvalue weighted by atomic mass is 32.1. The van der Waals surface area contributed by atoms with Crippen molar-refractivity contribution >= 4 is 28.3 Å². The number of hydrogen-bond acceptors (Lipinski definition) is 5. The lowest BCUT2D eigenvalue weighted by Crippen LogP contribution is -2.20. The second-order valence-electron chi connectivity index (χ2n) is 3.96. The first kappa shape index (κ1) is 12.8. The van der Waals surface area contributed by atoms with Gasteiger partial charge in [-0.05, 0) is 23.9 Å². The first-order valence-electron chi connectivity index (χ1n) is 5.27. The summed E-state index contributed by atoms with van der Waals surface area (Å²) in [4.78, 5) is 11.5. The molecular weight excluding hydrogens is 224 g/mol. The number of rotatable bonds is 5. The zero-order valence-corrected chi connectivity index (χ0v) is 10.6. The lowest BCUT2D eigenvalue weighted by Gasteiger charge is -2.07. The Morgan fingerprint density at radius 1 is 1.56 bits per heavy atom. The van der Waals surface area contributed by atoms with E-state index in [1.807, 2.05) is 0 Å². The normalized spacial score (nSPS) is 10.5. The van der Waals surface area contributed by atoms with Crippen molar-refractivity contribution in [1.29, 1.82) is 0 Å². The lowest BCUT2D eigenvalue weighted by molar-refractivity contribution is 0.0965. The molecule has 16 heavy (non-hydrogen) atoms. The maximum Gasteiger partial charge on any atom is 0.257 e. The molecule has 0 unspecified atom stereocenters. The SMILES string of the molecule is CNC(=O)c1c(N)nsc1NCCC(C)C. The summed E-state index contributed by atoms with van der Waals surface area (Å²) in [6.45, 7) is 5.13. The van der Waals surface area contributed by atoms with E-state index in [1.54, 1.807) is 7.05 Å². The van der Waals surface area contributed by atoms with E-state index in [1.165, 1.54) is 11.5 Å². The molecule has 0 bridgehead atoms. The topological polar surface area (TPSA) is 80.0 Å². The van der Waals surface area contributed by atoms with Gasteiger partial charge < -0.3 is 16.4 Å². The van der Waals surface area contributed by atoms with Gasteiger partial charge in [0.05, 0.1) is 0 Å². The van der Waals surface area contributed by atoms with Crippen LogP contribution in [-0.4, -0.2) is 23.9 Å². The molecule has 1 aromatic rings.